The van der Waals surface area contributed by atoms with Gasteiger partial charge in [-0.1, -0.05) is 36.4 Å². The van der Waals surface area contributed by atoms with Gasteiger partial charge in [0.15, 0.2) is 0 Å². The van der Waals surface area contributed by atoms with Gasteiger partial charge in [-0.05, 0) is 48.2 Å². The van der Waals surface area contributed by atoms with Gasteiger partial charge in [-0.2, -0.15) is 0 Å². The highest BCUT2D eigenvalue weighted by molar-refractivity contribution is 6.20. The van der Waals surface area contributed by atoms with Crippen LogP contribution < -0.4 is 5.32 Å². The van der Waals surface area contributed by atoms with Crippen LogP contribution in [0.25, 0.3) is 6.08 Å². The summed E-state index contributed by atoms with van der Waals surface area (Å²) >= 11 is 0. The summed E-state index contributed by atoms with van der Waals surface area (Å²) in [5, 5.41) is 31.2. The van der Waals surface area contributed by atoms with Crippen molar-refractivity contribution in [1.29, 1.82) is 0 Å². The number of nitrogens with one attached hydrogen (secondary N) is 1. The maximum atomic E-state index is 12.4. The minimum atomic E-state index is -1.34. The Morgan fingerprint density at radius 1 is 1.14 bits per heavy atom. The molecule has 142 valence electrons. The molecule has 0 saturated carbocycles. The number of aliphatic carboxylic acids is 1. The summed E-state index contributed by atoms with van der Waals surface area (Å²) in [6.45, 7) is 3.40. The molecular weight excluding hydrogens is 357 g/mol. The Morgan fingerprint density at radius 3 is 2.32 bits per heavy atom. The molecule has 0 aliphatic heterocycles. The Morgan fingerprint density at radius 2 is 1.79 bits per heavy atom. The maximum absolute atomic E-state index is 12.4. The molecule has 0 fully saturated rings. The largest absolute Gasteiger partial charge is 0.508 e. The zero-order valence-electron chi connectivity index (χ0n) is 15.5. The molecule has 0 aromatic heterocycles. The number of phenols is 1. The first-order valence-corrected chi connectivity index (χ1v) is 8.46. The van der Waals surface area contributed by atoms with Crippen LogP contribution in [0.15, 0.2) is 54.1 Å². The molecule has 2 radical (unpaired) electrons. The molecule has 0 spiro atoms. The van der Waals surface area contributed by atoms with Crippen LogP contribution in [-0.2, 0) is 4.79 Å². The van der Waals surface area contributed by atoms with Crippen molar-refractivity contribution in [2.75, 3.05) is 0 Å². The van der Waals surface area contributed by atoms with Gasteiger partial charge in [0.2, 0.25) is 0 Å². The lowest BCUT2D eigenvalue weighted by atomic mass is 9.95. The zero-order valence-corrected chi connectivity index (χ0v) is 15.5. The van der Waals surface area contributed by atoms with Crippen LogP contribution in [0.5, 0.6) is 5.75 Å². The lowest BCUT2D eigenvalue weighted by molar-refractivity contribution is -0.133. The van der Waals surface area contributed by atoms with Gasteiger partial charge in [-0.15, -0.1) is 5.98 Å². The highest BCUT2D eigenvalue weighted by Gasteiger charge is 2.18. The van der Waals surface area contributed by atoms with Gasteiger partial charge < -0.3 is 20.6 Å². The zero-order chi connectivity index (χ0) is 20.8. The predicted molar refractivity (Wildman–Crippen MR) is 107 cm³/mol. The average molecular weight is 377 g/mol. The SMILES string of the molecule is [B]/C=C(\NC(=O)c1c(C)cc(C(O)/C=C/c2cccc(O)c2)cc1C)C(=O)O. The van der Waals surface area contributed by atoms with Crippen molar-refractivity contribution in [2.24, 2.45) is 0 Å². The molecule has 7 heteroatoms. The second-order valence-electron chi connectivity index (χ2n) is 6.27. The van der Waals surface area contributed by atoms with E-state index in [-0.39, 0.29) is 5.75 Å². The van der Waals surface area contributed by atoms with E-state index in [1.807, 2.05) is 0 Å². The molecule has 28 heavy (non-hydrogen) atoms. The fraction of sp³-hybridized carbons (Fsp3) is 0.143. The van der Waals surface area contributed by atoms with Crippen molar-refractivity contribution >= 4 is 25.8 Å². The second kappa shape index (κ2) is 9.06. The van der Waals surface area contributed by atoms with Crippen LogP contribution in [0, 0.1) is 13.8 Å². The lowest BCUT2D eigenvalue weighted by Gasteiger charge is -2.15. The Bertz CT molecular complexity index is 942. The third-order valence-corrected chi connectivity index (χ3v) is 4.11. The summed E-state index contributed by atoms with van der Waals surface area (Å²) in [6, 6.07) is 9.93. The fourth-order valence-electron chi connectivity index (χ4n) is 2.82. The van der Waals surface area contributed by atoms with Crippen LogP contribution in [-0.4, -0.2) is 35.0 Å². The number of carboxylic acid groups (broad SMARTS) is 1. The first-order chi connectivity index (χ1) is 13.2. The quantitative estimate of drug-likeness (QED) is 0.457. The van der Waals surface area contributed by atoms with Gasteiger partial charge >= 0.3 is 5.97 Å². The first-order valence-electron chi connectivity index (χ1n) is 8.46. The molecule has 1 amide bonds. The van der Waals surface area contributed by atoms with Gasteiger partial charge in [-0.25, -0.2) is 4.79 Å². The number of aliphatic hydroxyl groups excluding tert-OH is 1. The van der Waals surface area contributed by atoms with E-state index in [1.165, 1.54) is 0 Å². The van der Waals surface area contributed by atoms with E-state index < -0.39 is 23.7 Å². The van der Waals surface area contributed by atoms with Crippen LogP contribution >= 0.6 is 0 Å². The highest BCUT2D eigenvalue weighted by atomic mass is 16.4. The number of benzene rings is 2. The Balaban J connectivity index is 2.25. The van der Waals surface area contributed by atoms with Gasteiger partial charge in [0, 0.05) is 5.56 Å². The third kappa shape index (κ3) is 5.11. The number of carbonyl (C=O) groups is 2. The molecule has 1 atom stereocenters. The van der Waals surface area contributed by atoms with Crippen LogP contribution in [0.3, 0.4) is 0 Å². The summed E-state index contributed by atoms with van der Waals surface area (Å²) in [5.41, 5.74) is 2.38. The number of aryl methyl sites for hydroxylation is 2. The smallest absolute Gasteiger partial charge is 0.351 e. The molecule has 2 rings (SSSR count). The predicted octanol–water partition coefficient (Wildman–Crippen LogP) is 2.58. The fourth-order valence-corrected chi connectivity index (χ4v) is 2.82. The first kappa shape index (κ1) is 21.0. The average Bonchev–Trinajstić information content (AvgIpc) is 2.63. The number of rotatable bonds is 6. The van der Waals surface area contributed by atoms with Crippen molar-refractivity contribution in [3.63, 3.8) is 0 Å². The molecule has 0 aliphatic rings. The summed E-state index contributed by atoms with van der Waals surface area (Å²) in [4.78, 5) is 23.4. The molecule has 4 N–H and O–H groups in total. The highest BCUT2D eigenvalue weighted by Crippen LogP contribution is 2.23. The van der Waals surface area contributed by atoms with Gasteiger partial charge in [-0.3, -0.25) is 4.79 Å². The molecule has 0 bridgehead atoms. The molecule has 2 aromatic carbocycles. The standard InChI is InChI=1S/C21H20BNO5/c1-12-8-15(18(25)7-6-14-4-3-5-16(24)10-14)9-13(2)19(12)20(26)23-17(11-22)21(27)28/h3-11,18,24-25H,1-2H3,(H,23,26)(H,27,28)/b7-6+,17-11-. The molecule has 2 aromatic rings. The molecule has 6 nitrogen and oxygen atoms in total. The van der Waals surface area contributed by atoms with E-state index >= 15 is 0 Å². The molecule has 0 saturated heterocycles. The van der Waals surface area contributed by atoms with Crippen LogP contribution in [0.4, 0.5) is 0 Å². The molecule has 0 heterocycles. The number of hydrogen-bond donors (Lipinski definition) is 4. The van der Waals surface area contributed by atoms with Gasteiger partial charge in [0.05, 0.1) is 6.10 Å². The second-order valence-corrected chi connectivity index (χ2v) is 6.27. The van der Waals surface area contributed by atoms with Gasteiger partial charge in [0.25, 0.3) is 5.91 Å². The Kier molecular flexibility index (Phi) is 6.79. The van der Waals surface area contributed by atoms with Crippen molar-refractivity contribution in [1.82, 2.24) is 5.32 Å². The normalized spacial score (nSPS) is 12.8. The van der Waals surface area contributed by atoms with Crippen molar-refractivity contribution in [3.05, 3.63) is 82.0 Å². The summed E-state index contributed by atoms with van der Waals surface area (Å²) in [5.74, 6) is -0.985. The van der Waals surface area contributed by atoms with E-state index in [9.17, 15) is 19.8 Å². The number of carboxylic acids is 1. The minimum absolute atomic E-state index is 0.131. The number of aliphatic hydroxyl groups is 1. The van der Waals surface area contributed by atoms with E-state index in [2.05, 4.69) is 5.32 Å². The monoisotopic (exact) mass is 377 g/mol. The van der Waals surface area contributed by atoms with E-state index in [0.717, 1.165) is 11.5 Å². The lowest BCUT2D eigenvalue weighted by Crippen LogP contribution is -2.28. The van der Waals surface area contributed by atoms with Gasteiger partial charge in [0.1, 0.15) is 19.3 Å². The maximum Gasteiger partial charge on any atom is 0.351 e. The number of phenolic OH excluding ortho intramolecular Hbond substituents is 1. The number of amides is 1. The summed E-state index contributed by atoms with van der Waals surface area (Å²) in [7, 11) is 5.22. The van der Waals surface area contributed by atoms with Crippen molar-refractivity contribution in [3.8, 4) is 5.75 Å². The van der Waals surface area contributed by atoms with Crippen molar-refractivity contribution < 1.29 is 24.9 Å². The van der Waals surface area contributed by atoms with Crippen LogP contribution in [0.1, 0.15) is 38.7 Å². The summed E-state index contributed by atoms with van der Waals surface area (Å²) < 4.78 is 0. The topological polar surface area (TPSA) is 107 Å². The van der Waals surface area contributed by atoms with E-state index in [4.69, 9.17) is 13.0 Å². The number of carbonyl (C=O) groups excluding carboxylic acids is 1. The van der Waals surface area contributed by atoms with Crippen LogP contribution in [0.2, 0.25) is 0 Å². The molecule has 1 unspecified atom stereocenters. The third-order valence-electron chi connectivity index (χ3n) is 4.11. The Labute approximate surface area is 164 Å². The number of aromatic hydroxyl groups is 1. The van der Waals surface area contributed by atoms with E-state index in [1.54, 1.807) is 62.4 Å². The van der Waals surface area contributed by atoms with E-state index in [0.29, 0.717) is 22.3 Å². The number of hydrogen-bond acceptors (Lipinski definition) is 4. The minimum Gasteiger partial charge on any atom is -0.508 e. The summed E-state index contributed by atoms with van der Waals surface area (Å²) in [6.07, 6.45) is 2.33. The molecular formula is C21H20BNO5. The van der Waals surface area contributed by atoms with Crippen molar-refractivity contribution in [2.45, 2.75) is 20.0 Å². The Hall–Kier alpha value is -3.32. The molecule has 0 aliphatic carbocycles.